The second kappa shape index (κ2) is 5.06. The number of Topliss-reactive ketones (excluding diaryl/α,β-unsaturated/α-hetero) is 1. The molecule has 0 aliphatic heterocycles. The van der Waals surface area contributed by atoms with Crippen LogP contribution in [0.1, 0.15) is 29.8 Å². The van der Waals surface area contributed by atoms with Gasteiger partial charge in [-0.15, -0.1) is 0 Å². The molecule has 0 saturated carbocycles. The number of nitrogens with one attached hydrogen (secondary N) is 1. The highest BCUT2D eigenvalue weighted by Gasteiger charge is 2.12. The van der Waals surface area contributed by atoms with Gasteiger partial charge in [0.2, 0.25) is 0 Å². The van der Waals surface area contributed by atoms with E-state index in [1.807, 2.05) is 19.1 Å². The van der Waals surface area contributed by atoms with Crippen molar-refractivity contribution in [3.63, 3.8) is 0 Å². The van der Waals surface area contributed by atoms with Gasteiger partial charge >= 0.3 is 5.69 Å². The predicted octanol–water partition coefficient (Wildman–Crippen LogP) is 1.29. The zero-order valence-corrected chi connectivity index (χ0v) is 10.8. The lowest BCUT2D eigenvalue weighted by Gasteiger charge is -2.06. The summed E-state index contributed by atoms with van der Waals surface area (Å²) in [5, 5.41) is 0. The summed E-state index contributed by atoms with van der Waals surface area (Å²) in [5.74, 6) is -0.375. The number of carbonyl (C=O) groups excluding carboxylic acids is 1. The highest BCUT2D eigenvalue weighted by Crippen LogP contribution is 2.06. The molecule has 0 bridgehead atoms. The van der Waals surface area contributed by atoms with E-state index < -0.39 is 11.2 Å². The Morgan fingerprint density at radius 3 is 2.37 bits per heavy atom. The molecule has 0 aliphatic carbocycles. The molecule has 0 saturated heterocycles. The van der Waals surface area contributed by atoms with Crippen molar-refractivity contribution in [2.24, 2.45) is 0 Å². The fraction of sp³-hybridized carbons (Fsp3) is 0.214. The summed E-state index contributed by atoms with van der Waals surface area (Å²) in [6.45, 7) is 3.31. The average molecular weight is 258 g/mol. The summed E-state index contributed by atoms with van der Waals surface area (Å²) in [4.78, 5) is 37.6. The van der Waals surface area contributed by atoms with E-state index in [1.54, 1.807) is 12.1 Å². The number of nitrogens with zero attached hydrogens (tertiary/aromatic N) is 1. The minimum atomic E-state index is -0.597. The number of hydrogen-bond acceptors (Lipinski definition) is 3. The molecule has 1 aromatic carbocycles. The molecule has 2 aromatic rings. The first-order valence-electron chi connectivity index (χ1n) is 5.99. The largest absolute Gasteiger partial charge is 0.333 e. The zero-order chi connectivity index (χ0) is 14.0. The zero-order valence-electron chi connectivity index (χ0n) is 10.8. The molecule has 0 aliphatic rings. The van der Waals surface area contributed by atoms with Gasteiger partial charge in [-0.3, -0.25) is 9.59 Å². The van der Waals surface area contributed by atoms with Gasteiger partial charge in [-0.2, -0.15) is 0 Å². The van der Waals surface area contributed by atoms with Crippen molar-refractivity contribution >= 4 is 5.78 Å². The number of rotatable bonds is 3. The van der Waals surface area contributed by atoms with Crippen molar-refractivity contribution in [3.05, 3.63) is 62.4 Å². The van der Waals surface area contributed by atoms with Gasteiger partial charge in [-0.05, 0) is 31.0 Å². The summed E-state index contributed by atoms with van der Waals surface area (Å²) in [6, 6.07) is 7.09. The molecule has 0 amide bonds. The molecular formula is C14H14N2O3. The van der Waals surface area contributed by atoms with Crippen LogP contribution in [0.5, 0.6) is 0 Å². The maximum absolute atomic E-state index is 12.1. The summed E-state index contributed by atoms with van der Waals surface area (Å²) in [7, 11) is 0. The number of ketones is 1. The van der Waals surface area contributed by atoms with Crippen LogP contribution in [0.3, 0.4) is 0 Å². The van der Waals surface area contributed by atoms with Gasteiger partial charge in [-0.1, -0.05) is 19.1 Å². The van der Waals surface area contributed by atoms with Crippen LogP contribution in [0.15, 0.2) is 40.1 Å². The number of hydrogen-bond donors (Lipinski definition) is 1. The second-order valence-corrected chi connectivity index (χ2v) is 4.22. The lowest BCUT2D eigenvalue weighted by molar-refractivity contribution is 0.101. The Morgan fingerprint density at radius 1 is 1.21 bits per heavy atom. The molecule has 1 N–H and O–H groups in total. The molecule has 19 heavy (non-hydrogen) atoms. The van der Waals surface area contributed by atoms with Gasteiger partial charge in [-0.25, -0.2) is 9.36 Å². The van der Waals surface area contributed by atoms with E-state index in [2.05, 4.69) is 4.98 Å². The van der Waals surface area contributed by atoms with Crippen LogP contribution < -0.4 is 11.2 Å². The lowest BCUT2D eigenvalue weighted by atomic mass is 10.1. The van der Waals surface area contributed by atoms with Crippen molar-refractivity contribution < 1.29 is 4.79 Å². The number of benzene rings is 1. The van der Waals surface area contributed by atoms with E-state index in [0.29, 0.717) is 5.69 Å². The van der Waals surface area contributed by atoms with Crippen LogP contribution in [0.2, 0.25) is 0 Å². The molecule has 0 spiro atoms. The molecular weight excluding hydrogens is 244 g/mol. The maximum atomic E-state index is 12.1. The molecule has 0 atom stereocenters. The third-order valence-electron chi connectivity index (χ3n) is 2.96. The Hall–Kier alpha value is -2.43. The standard InChI is InChI=1S/C14H14N2O3/c1-3-10-4-6-11(7-5-10)16-13(18)12(9(2)17)8-15-14(16)19/h4-8H,3H2,1-2H3,(H,15,19). The number of aryl methyl sites for hydroxylation is 1. The summed E-state index contributed by atoms with van der Waals surface area (Å²) in [5.41, 5.74) is 0.376. The van der Waals surface area contributed by atoms with Crippen LogP contribution in [-0.4, -0.2) is 15.3 Å². The Kier molecular flexibility index (Phi) is 3.46. The third kappa shape index (κ3) is 2.40. The number of carbonyl (C=O) groups is 1. The molecule has 5 heteroatoms. The highest BCUT2D eigenvalue weighted by molar-refractivity contribution is 5.93. The van der Waals surface area contributed by atoms with Gasteiger partial charge in [0.25, 0.3) is 5.56 Å². The quantitative estimate of drug-likeness (QED) is 0.843. The molecule has 5 nitrogen and oxygen atoms in total. The minimum Gasteiger partial charge on any atom is -0.313 e. The van der Waals surface area contributed by atoms with Gasteiger partial charge in [0.15, 0.2) is 5.78 Å². The topological polar surface area (TPSA) is 71.9 Å². The minimum absolute atomic E-state index is 0.0285. The van der Waals surface area contributed by atoms with E-state index in [1.165, 1.54) is 6.92 Å². The van der Waals surface area contributed by atoms with E-state index in [4.69, 9.17) is 0 Å². The molecule has 0 unspecified atom stereocenters. The van der Waals surface area contributed by atoms with E-state index >= 15 is 0 Å². The first-order chi connectivity index (χ1) is 9.04. The molecule has 2 rings (SSSR count). The van der Waals surface area contributed by atoms with Gasteiger partial charge in [0, 0.05) is 6.20 Å². The van der Waals surface area contributed by atoms with Crippen LogP contribution >= 0.6 is 0 Å². The molecule has 98 valence electrons. The van der Waals surface area contributed by atoms with Crippen molar-refractivity contribution in [2.75, 3.05) is 0 Å². The average Bonchev–Trinajstić information content (AvgIpc) is 2.39. The summed E-state index contributed by atoms with van der Waals surface area (Å²) in [6.07, 6.45) is 2.03. The maximum Gasteiger partial charge on any atom is 0.333 e. The van der Waals surface area contributed by atoms with E-state index in [0.717, 1.165) is 22.7 Å². The Morgan fingerprint density at radius 2 is 1.84 bits per heavy atom. The van der Waals surface area contributed by atoms with Crippen molar-refractivity contribution in [1.29, 1.82) is 0 Å². The first-order valence-corrected chi connectivity index (χ1v) is 5.99. The van der Waals surface area contributed by atoms with E-state index in [9.17, 15) is 14.4 Å². The highest BCUT2D eigenvalue weighted by atomic mass is 16.2. The Balaban J connectivity index is 2.67. The molecule has 0 radical (unpaired) electrons. The third-order valence-corrected chi connectivity index (χ3v) is 2.96. The number of aromatic amines is 1. The van der Waals surface area contributed by atoms with Crippen LogP contribution in [0.25, 0.3) is 5.69 Å². The van der Waals surface area contributed by atoms with Crippen LogP contribution in [0, 0.1) is 0 Å². The summed E-state index contributed by atoms with van der Waals surface area (Å²) < 4.78 is 0.968. The van der Waals surface area contributed by atoms with Crippen molar-refractivity contribution in [2.45, 2.75) is 20.3 Å². The normalized spacial score (nSPS) is 10.4. The van der Waals surface area contributed by atoms with Crippen LogP contribution in [-0.2, 0) is 6.42 Å². The predicted molar refractivity (Wildman–Crippen MR) is 72.0 cm³/mol. The fourth-order valence-corrected chi connectivity index (χ4v) is 1.84. The number of H-pyrrole nitrogens is 1. The molecule has 1 heterocycles. The van der Waals surface area contributed by atoms with Gasteiger partial charge in [0.05, 0.1) is 11.3 Å². The summed E-state index contributed by atoms with van der Waals surface area (Å²) >= 11 is 0. The Labute approximate surface area is 109 Å². The second-order valence-electron chi connectivity index (χ2n) is 4.22. The SMILES string of the molecule is CCc1ccc(-n2c(=O)[nH]cc(C(C)=O)c2=O)cc1. The first kappa shape index (κ1) is 13.0. The monoisotopic (exact) mass is 258 g/mol. The van der Waals surface area contributed by atoms with Crippen LogP contribution in [0.4, 0.5) is 0 Å². The molecule has 1 aromatic heterocycles. The lowest BCUT2D eigenvalue weighted by Crippen LogP contribution is -2.36. The van der Waals surface area contributed by atoms with Crippen molar-refractivity contribution in [1.82, 2.24) is 9.55 Å². The molecule has 0 fully saturated rings. The fourth-order valence-electron chi connectivity index (χ4n) is 1.84. The number of aromatic nitrogens is 2. The van der Waals surface area contributed by atoms with Gasteiger partial charge < -0.3 is 4.98 Å². The van der Waals surface area contributed by atoms with Crippen molar-refractivity contribution in [3.8, 4) is 5.69 Å². The van der Waals surface area contributed by atoms with E-state index in [-0.39, 0.29) is 11.3 Å². The smallest absolute Gasteiger partial charge is 0.313 e. The Bertz CT molecular complexity index is 724. The van der Waals surface area contributed by atoms with Gasteiger partial charge in [0.1, 0.15) is 0 Å².